The third-order valence-corrected chi connectivity index (χ3v) is 6.16. The lowest BCUT2D eigenvalue weighted by Crippen LogP contribution is -2.54. The molecule has 0 fully saturated rings. The molecule has 0 aliphatic carbocycles. The van der Waals surface area contributed by atoms with E-state index in [1.807, 2.05) is 77.1 Å². The number of rotatable bonds is 8. The van der Waals surface area contributed by atoms with Crippen molar-refractivity contribution in [3.05, 3.63) is 64.7 Å². The van der Waals surface area contributed by atoms with Crippen LogP contribution in [-0.4, -0.2) is 40.5 Å². The molecule has 7 heteroatoms. The number of alkyl carbamates (subject to hydrolysis) is 1. The fourth-order valence-corrected chi connectivity index (χ4v) is 4.08. The molecule has 3 unspecified atom stereocenters. The Balaban J connectivity index is 2.52. The van der Waals surface area contributed by atoms with Crippen LogP contribution in [0.25, 0.3) is 0 Å². The Kier molecular flexibility index (Phi) is 9.68. The Bertz CT molecular complexity index is 1070. The summed E-state index contributed by atoms with van der Waals surface area (Å²) in [6.45, 7) is 16.6. The number of benzene rings is 2. The van der Waals surface area contributed by atoms with Gasteiger partial charge in [0.15, 0.2) is 0 Å². The minimum atomic E-state index is -0.895. The number of ether oxygens (including phenoxy) is 1. The molecule has 0 heterocycles. The van der Waals surface area contributed by atoms with E-state index in [9.17, 15) is 14.4 Å². The quantitative estimate of drug-likeness (QED) is 0.482. The number of aryl methyl sites for hydroxylation is 3. The van der Waals surface area contributed by atoms with Crippen molar-refractivity contribution < 1.29 is 19.1 Å². The third-order valence-electron chi connectivity index (χ3n) is 6.16. The molecule has 0 aliphatic heterocycles. The molecule has 2 aromatic rings. The average molecular weight is 496 g/mol. The minimum Gasteiger partial charge on any atom is -0.444 e. The SMILES string of the molecule is CCC(C)N(C(=O)C(C)NC(=O)OC(C)(C)C)C(C(=O)Nc1c(C)cccc1C)c1ccccc1C. The van der Waals surface area contributed by atoms with Crippen molar-refractivity contribution in [1.82, 2.24) is 10.2 Å². The molecule has 0 saturated heterocycles. The monoisotopic (exact) mass is 495 g/mol. The first kappa shape index (κ1) is 28.9. The Morgan fingerprint density at radius 3 is 2.00 bits per heavy atom. The molecule has 3 atom stereocenters. The lowest BCUT2D eigenvalue weighted by atomic mass is 9.96. The summed E-state index contributed by atoms with van der Waals surface area (Å²) < 4.78 is 5.34. The number of carbonyl (C=O) groups excluding carboxylic acids is 3. The van der Waals surface area contributed by atoms with E-state index in [4.69, 9.17) is 4.74 Å². The summed E-state index contributed by atoms with van der Waals surface area (Å²) in [6, 6.07) is 11.3. The number of amides is 3. The van der Waals surface area contributed by atoms with E-state index < -0.39 is 23.8 Å². The van der Waals surface area contributed by atoms with Gasteiger partial charge in [0, 0.05) is 11.7 Å². The summed E-state index contributed by atoms with van der Waals surface area (Å²) in [5.74, 6) is -0.667. The fourth-order valence-electron chi connectivity index (χ4n) is 4.08. The highest BCUT2D eigenvalue weighted by molar-refractivity contribution is 6.00. The largest absolute Gasteiger partial charge is 0.444 e. The van der Waals surface area contributed by atoms with Gasteiger partial charge in [-0.25, -0.2) is 4.79 Å². The van der Waals surface area contributed by atoms with Crippen molar-refractivity contribution in [2.45, 2.75) is 92.5 Å². The molecule has 3 amide bonds. The van der Waals surface area contributed by atoms with E-state index in [1.165, 1.54) is 0 Å². The molecular formula is C29H41N3O4. The van der Waals surface area contributed by atoms with Gasteiger partial charge in [0.25, 0.3) is 5.91 Å². The van der Waals surface area contributed by atoms with Gasteiger partial charge in [0.2, 0.25) is 5.91 Å². The second-order valence-electron chi connectivity index (χ2n) is 10.4. The predicted molar refractivity (Wildman–Crippen MR) is 144 cm³/mol. The highest BCUT2D eigenvalue weighted by Crippen LogP contribution is 2.30. The van der Waals surface area contributed by atoms with Crippen molar-refractivity contribution >= 4 is 23.6 Å². The maximum absolute atomic E-state index is 14.0. The molecule has 0 aromatic heterocycles. The summed E-state index contributed by atoms with van der Waals surface area (Å²) in [5, 5.41) is 5.72. The predicted octanol–water partition coefficient (Wildman–Crippen LogP) is 5.83. The maximum atomic E-state index is 14.0. The number of nitrogens with one attached hydrogen (secondary N) is 2. The molecular weight excluding hydrogens is 454 g/mol. The van der Waals surface area contributed by atoms with Crippen molar-refractivity contribution in [2.75, 3.05) is 5.32 Å². The summed E-state index contributed by atoms with van der Waals surface area (Å²) in [7, 11) is 0. The molecule has 0 saturated carbocycles. The van der Waals surface area contributed by atoms with Gasteiger partial charge < -0.3 is 20.3 Å². The molecule has 0 spiro atoms. The molecule has 7 nitrogen and oxygen atoms in total. The van der Waals surface area contributed by atoms with Crippen LogP contribution in [0.1, 0.15) is 76.3 Å². The van der Waals surface area contributed by atoms with Crippen LogP contribution in [0.2, 0.25) is 0 Å². The zero-order valence-corrected chi connectivity index (χ0v) is 23.1. The molecule has 2 aromatic carbocycles. The molecule has 0 aliphatic rings. The topological polar surface area (TPSA) is 87.7 Å². The zero-order valence-electron chi connectivity index (χ0n) is 23.1. The van der Waals surface area contributed by atoms with Crippen LogP contribution >= 0.6 is 0 Å². The van der Waals surface area contributed by atoms with Crippen LogP contribution in [0.5, 0.6) is 0 Å². The lowest BCUT2D eigenvalue weighted by molar-refractivity contribution is -0.143. The lowest BCUT2D eigenvalue weighted by Gasteiger charge is -2.38. The first-order chi connectivity index (χ1) is 16.8. The number of carbonyl (C=O) groups is 3. The van der Waals surface area contributed by atoms with Gasteiger partial charge in [-0.15, -0.1) is 0 Å². The van der Waals surface area contributed by atoms with Gasteiger partial charge in [-0.3, -0.25) is 9.59 Å². The standard InChI is InChI=1S/C29H41N3O4/c1-10-21(5)32(27(34)22(6)30-28(35)36-29(7,8)9)25(23-17-12-11-14-18(23)2)26(33)31-24-19(3)15-13-16-20(24)4/h11-17,21-22,25H,10H2,1-9H3,(H,30,35)(H,31,33). The summed E-state index contributed by atoms with van der Waals surface area (Å²) >= 11 is 0. The number of para-hydroxylation sites is 1. The Labute approximate surface area is 215 Å². The van der Waals surface area contributed by atoms with Crippen LogP contribution < -0.4 is 10.6 Å². The van der Waals surface area contributed by atoms with E-state index in [0.717, 1.165) is 27.9 Å². The second-order valence-corrected chi connectivity index (χ2v) is 10.4. The maximum Gasteiger partial charge on any atom is 0.408 e. The van der Waals surface area contributed by atoms with E-state index in [0.29, 0.717) is 6.42 Å². The van der Waals surface area contributed by atoms with Crippen LogP contribution in [0, 0.1) is 20.8 Å². The van der Waals surface area contributed by atoms with Gasteiger partial charge in [0.1, 0.15) is 17.7 Å². The van der Waals surface area contributed by atoms with Crippen molar-refractivity contribution in [3.8, 4) is 0 Å². The Morgan fingerprint density at radius 1 is 0.917 bits per heavy atom. The Hall–Kier alpha value is -3.35. The van der Waals surface area contributed by atoms with Gasteiger partial charge in [-0.2, -0.15) is 0 Å². The van der Waals surface area contributed by atoms with Crippen LogP contribution in [-0.2, 0) is 14.3 Å². The first-order valence-electron chi connectivity index (χ1n) is 12.5. The normalized spacial score (nSPS) is 13.8. The van der Waals surface area contributed by atoms with Gasteiger partial charge in [-0.05, 0) is 84.1 Å². The van der Waals surface area contributed by atoms with Crippen molar-refractivity contribution in [1.29, 1.82) is 0 Å². The first-order valence-corrected chi connectivity index (χ1v) is 12.5. The number of nitrogens with zero attached hydrogens (tertiary/aromatic N) is 1. The van der Waals surface area contributed by atoms with E-state index in [2.05, 4.69) is 10.6 Å². The van der Waals surface area contributed by atoms with Crippen molar-refractivity contribution in [3.63, 3.8) is 0 Å². The highest BCUT2D eigenvalue weighted by Gasteiger charge is 2.38. The molecule has 0 radical (unpaired) electrons. The second kappa shape index (κ2) is 12.1. The van der Waals surface area contributed by atoms with Crippen LogP contribution in [0.4, 0.5) is 10.5 Å². The molecule has 36 heavy (non-hydrogen) atoms. The smallest absolute Gasteiger partial charge is 0.408 e. The molecule has 2 N–H and O–H groups in total. The van der Waals surface area contributed by atoms with Gasteiger partial charge in [-0.1, -0.05) is 49.4 Å². The molecule has 196 valence electrons. The molecule has 0 bridgehead atoms. The van der Waals surface area contributed by atoms with E-state index in [-0.39, 0.29) is 17.9 Å². The summed E-state index contributed by atoms with van der Waals surface area (Å²) in [4.78, 5) is 41.8. The summed E-state index contributed by atoms with van der Waals surface area (Å²) in [6.07, 6.45) is -0.0517. The number of anilines is 1. The average Bonchev–Trinajstić information content (AvgIpc) is 2.78. The molecule has 2 rings (SSSR count). The van der Waals surface area contributed by atoms with Crippen molar-refractivity contribution in [2.24, 2.45) is 0 Å². The number of hydrogen-bond donors (Lipinski definition) is 2. The highest BCUT2D eigenvalue weighted by atomic mass is 16.6. The van der Waals surface area contributed by atoms with Gasteiger partial charge >= 0.3 is 6.09 Å². The van der Waals surface area contributed by atoms with Gasteiger partial charge in [0.05, 0.1) is 0 Å². The Morgan fingerprint density at radius 2 is 1.47 bits per heavy atom. The fraction of sp³-hybridized carbons (Fsp3) is 0.483. The van der Waals surface area contributed by atoms with E-state index >= 15 is 0 Å². The zero-order chi connectivity index (χ0) is 27.2. The third kappa shape index (κ3) is 7.33. The number of hydrogen-bond acceptors (Lipinski definition) is 4. The minimum absolute atomic E-state index is 0.270. The summed E-state index contributed by atoms with van der Waals surface area (Å²) in [5.41, 5.74) is 3.55. The van der Waals surface area contributed by atoms with E-state index in [1.54, 1.807) is 32.6 Å². The van der Waals surface area contributed by atoms with Crippen LogP contribution in [0.15, 0.2) is 42.5 Å². The van der Waals surface area contributed by atoms with Crippen LogP contribution in [0.3, 0.4) is 0 Å².